The number of benzene rings is 3. The lowest BCUT2D eigenvalue weighted by atomic mass is 9.88. The molecule has 1 aliphatic rings. The van der Waals surface area contributed by atoms with Gasteiger partial charge in [-0.15, -0.1) is 12.4 Å². The highest BCUT2D eigenvalue weighted by molar-refractivity contribution is 6.30. The maximum atomic E-state index is 12.6. The van der Waals surface area contributed by atoms with Crippen LogP contribution in [-0.4, -0.2) is 56.1 Å². The van der Waals surface area contributed by atoms with Crippen LogP contribution in [-0.2, 0) is 0 Å². The highest BCUT2D eigenvalue weighted by Gasteiger charge is 2.23. The van der Waals surface area contributed by atoms with E-state index in [2.05, 4.69) is 27.7 Å². The number of nitrogens with one attached hydrogen (secondary N) is 2. The number of hydrogen-bond acceptors (Lipinski definition) is 5. The first-order valence-electron chi connectivity index (χ1n) is 14.5. The normalized spacial score (nSPS) is 13.6. The first kappa shape index (κ1) is 33.2. The number of anilines is 1. The monoisotopic (exact) mass is 613 g/mol. The molecule has 226 valence electrons. The minimum absolute atomic E-state index is 0. The second-order valence-electron chi connectivity index (χ2n) is 10.2. The van der Waals surface area contributed by atoms with Gasteiger partial charge in [-0.2, -0.15) is 0 Å². The minimum Gasteiger partial charge on any atom is -0.494 e. The summed E-state index contributed by atoms with van der Waals surface area (Å²) in [6.07, 6.45) is 4.18. The first-order chi connectivity index (χ1) is 20.0. The fourth-order valence-electron chi connectivity index (χ4n) is 5.13. The van der Waals surface area contributed by atoms with Crippen LogP contribution in [0.25, 0.3) is 0 Å². The van der Waals surface area contributed by atoms with Gasteiger partial charge < -0.3 is 25.0 Å². The second-order valence-corrected chi connectivity index (χ2v) is 10.6. The average molecular weight is 615 g/mol. The predicted molar refractivity (Wildman–Crippen MR) is 172 cm³/mol. The summed E-state index contributed by atoms with van der Waals surface area (Å²) >= 11 is 5.88. The van der Waals surface area contributed by atoms with Crippen LogP contribution in [0.15, 0.2) is 66.7 Å². The molecule has 3 aromatic carbocycles. The molecule has 3 aromatic rings. The molecule has 42 heavy (non-hydrogen) atoms. The van der Waals surface area contributed by atoms with E-state index in [9.17, 15) is 9.59 Å². The van der Waals surface area contributed by atoms with Gasteiger partial charge in [0.1, 0.15) is 11.5 Å². The Kier molecular flexibility index (Phi) is 13.5. The third-order valence-corrected chi connectivity index (χ3v) is 7.57. The maximum absolute atomic E-state index is 12.6. The zero-order valence-electron chi connectivity index (χ0n) is 24.4. The van der Waals surface area contributed by atoms with Crippen molar-refractivity contribution < 1.29 is 19.1 Å². The molecule has 0 saturated carbocycles. The summed E-state index contributed by atoms with van der Waals surface area (Å²) in [5.41, 5.74) is 3.00. The molecule has 0 bridgehead atoms. The molecule has 0 atom stereocenters. The summed E-state index contributed by atoms with van der Waals surface area (Å²) in [7, 11) is 0. The summed E-state index contributed by atoms with van der Waals surface area (Å²) in [6, 6.07) is 19.8. The van der Waals surface area contributed by atoms with Crippen molar-refractivity contribution in [2.24, 2.45) is 0 Å². The molecule has 0 spiro atoms. The lowest BCUT2D eigenvalue weighted by Gasteiger charge is -2.33. The van der Waals surface area contributed by atoms with Gasteiger partial charge in [-0.1, -0.05) is 17.7 Å². The van der Waals surface area contributed by atoms with Crippen molar-refractivity contribution in [3.05, 3.63) is 88.4 Å². The van der Waals surface area contributed by atoms with E-state index in [1.54, 1.807) is 48.5 Å². The molecule has 0 aromatic heterocycles. The van der Waals surface area contributed by atoms with E-state index in [1.165, 1.54) is 5.56 Å². The van der Waals surface area contributed by atoms with Gasteiger partial charge in [-0.05, 0) is 125 Å². The van der Waals surface area contributed by atoms with E-state index in [0.717, 1.165) is 56.8 Å². The van der Waals surface area contributed by atoms with Gasteiger partial charge in [0.05, 0.1) is 13.2 Å². The molecule has 9 heteroatoms. The Morgan fingerprint density at radius 3 is 2.17 bits per heavy atom. The third kappa shape index (κ3) is 9.65. The maximum Gasteiger partial charge on any atom is 0.255 e. The van der Waals surface area contributed by atoms with Gasteiger partial charge in [-0.3, -0.25) is 9.59 Å². The van der Waals surface area contributed by atoms with E-state index < -0.39 is 0 Å². The van der Waals surface area contributed by atoms with Crippen LogP contribution in [0.3, 0.4) is 0 Å². The molecule has 1 heterocycles. The molecule has 0 unspecified atom stereocenters. The molecule has 0 aliphatic carbocycles. The fraction of sp³-hybridized carbons (Fsp3) is 0.394. The zero-order chi connectivity index (χ0) is 29.0. The van der Waals surface area contributed by atoms with E-state index in [-0.39, 0.29) is 24.2 Å². The smallest absolute Gasteiger partial charge is 0.255 e. The Morgan fingerprint density at radius 1 is 0.857 bits per heavy atom. The number of likely N-dealkylation sites (tertiary alicyclic amines) is 1. The van der Waals surface area contributed by atoms with Crippen molar-refractivity contribution in [3.63, 3.8) is 0 Å². The minimum atomic E-state index is -0.227. The van der Waals surface area contributed by atoms with Crippen molar-refractivity contribution >= 4 is 41.5 Å². The molecule has 1 saturated heterocycles. The van der Waals surface area contributed by atoms with Gasteiger partial charge in [0.25, 0.3) is 11.8 Å². The van der Waals surface area contributed by atoms with Crippen LogP contribution in [0.1, 0.15) is 71.7 Å². The van der Waals surface area contributed by atoms with E-state index in [1.807, 2.05) is 19.9 Å². The van der Waals surface area contributed by atoms with Crippen LogP contribution in [0.4, 0.5) is 5.69 Å². The van der Waals surface area contributed by atoms with Gasteiger partial charge in [0.2, 0.25) is 0 Å². The second kappa shape index (κ2) is 17.0. The van der Waals surface area contributed by atoms with Crippen LogP contribution < -0.4 is 20.1 Å². The van der Waals surface area contributed by atoms with Crippen molar-refractivity contribution in [3.8, 4) is 11.5 Å². The van der Waals surface area contributed by atoms with Gasteiger partial charge in [0.15, 0.2) is 0 Å². The molecular formula is C33H41Cl2N3O4. The summed E-state index contributed by atoms with van der Waals surface area (Å²) in [5, 5.41) is 6.42. The summed E-state index contributed by atoms with van der Waals surface area (Å²) < 4.78 is 11.6. The Hall–Kier alpha value is -3.26. The highest BCUT2D eigenvalue weighted by Crippen LogP contribution is 2.36. The fourth-order valence-corrected chi connectivity index (χ4v) is 5.26. The standard InChI is InChI=1S/C33H40ClN3O4.ClH/c1-3-40-29-15-16-30(31(23-29)41-4-2)24-17-21-37(22-18-24)20-6-5-19-35-32(38)25-9-13-28(14-10-25)36-33(39)26-7-11-27(34)12-8-26;/h7-16,23-24H,3-6,17-22H2,1-2H3,(H,35,38)(H,36,39);1H. The Morgan fingerprint density at radius 2 is 1.50 bits per heavy atom. The Bertz CT molecular complexity index is 1280. The molecule has 0 radical (unpaired) electrons. The number of nitrogens with zero attached hydrogens (tertiary/aromatic N) is 1. The number of hydrogen-bond donors (Lipinski definition) is 2. The molecular weight excluding hydrogens is 573 g/mol. The number of unbranched alkanes of at least 4 members (excludes halogenated alkanes) is 1. The van der Waals surface area contributed by atoms with Crippen molar-refractivity contribution in [2.45, 2.75) is 45.4 Å². The van der Waals surface area contributed by atoms with Crippen LogP contribution in [0.5, 0.6) is 11.5 Å². The van der Waals surface area contributed by atoms with E-state index in [4.69, 9.17) is 21.1 Å². The molecule has 1 aliphatic heterocycles. The van der Waals surface area contributed by atoms with Gasteiger partial charge in [-0.25, -0.2) is 0 Å². The number of halogens is 2. The molecule has 2 amide bonds. The zero-order valence-corrected chi connectivity index (χ0v) is 25.9. The predicted octanol–water partition coefficient (Wildman–Crippen LogP) is 7.20. The first-order valence-corrected chi connectivity index (χ1v) is 14.9. The number of carbonyl (C=O) groups is 2. The average Bonchev–Trinajstić information content (AvgIpc) is 2.98. The molecule has 2 N–H and O–H groups in total. The number of ether oxygens (including phenoxy) is 2. The summed E-state index contributed by atoms with van der Waals surface area (Å²) in [5.74, 6) is 1.97. The number of amides is 2. The molecule has 4 rings (SSSR count). The van der Waals surface area contributed by atoms with E-state index in [0.29, 0.717) is 47.5 Å². The Balaban J connectivity index is 0.00000484. The molecule has 7 nitrogen and oxygen atoms in total. The highest BCUT2D eigenvalue weighted by atomic mass is 35.5. The van der Waals surface area contributed by atoms with Crippen LogP contribution >= 0.6 is 24.0 Å². The SMILES string of the molecule is CCOc1ccc(C2CCN(CCCCNC(=O)c3ccc(NC(=O)c4ccc(Cl)cc4)cc3)CC2)c(OCC)c1.Cl. The largest absolute Gasteiger partial charge is 0.494 e. The number of rotatable bonds is 13. The lowest BCUT2D eigenvalue weighted by Crippen LogP contribution is -2.34. The van der Waals surface area contributed by atoms with Gasteiger partial charge >= 0.3 is 0 Å². The lowest BCUT2D eigenvalue weighted by molar-refractivity contribution is 0.0951. The summed E-state index contributed by atoms with van der Waals surface area (Å²) in [6.45, 7) is 9.10. The van der Waals surface area contributed by atoms with Crippen LogP contribution in [0.2, 0.25) is 5.02 Å². The number of carbonyl (C=O) groups excluding carboxylic acids is 2. The van der Waals surface area contributed by atoms with Crippen molar-refractivity contribution in [1.29, 1.82) is 0 Å². The topological polar surface area (TPSA) is 79.9 Å². The summed E-state index contributed by atoms with van der Waals surface area (Å²) in [4.78, 5) is 27.4. The van der Waals surface area contributed by atoms with Crippen LogP contribution in [0, 0.1) is 0 Å². The number of piperidine rings is 1. The van der Waals surface area contributed by atoms with Crippen molar-refractivity contribution in [2.75, 3.05) is 44.7 Å². The molecule has 1 fully saturated rings. The van der Waals surface area contributed by atoms with Gasteiger partial charge in [0, 0.05) is 34.4 Å². The van der Waals surface area contributed by atoms with Crippen molar-refractivity contribution in [1.82, 2.24) is 10.2 Å². The van der Waals surface area contributed by atoms with E-state index >= 15 is 0 Å². The Labute approximate surface area is 260 Å². The third-order valence-electron chi connectivity index (χ3n) is 7.32. The quantitative estimate of drug-likeness (QED) is 0.199.